The zero-order valence-electron chi connectivity index (χ0n) is 6.10. The minimum atomic E-state index is -0.510. The topological polar surface area (TPSA) is 37.3 Å². The fourth-order valence-corrected chi connectivity index (χ4v) is 4.65. The molecule has 0 spiro atoms. The maximum atomic E-state index is 10.8. The normalized spacial score (nSPS) is 72.9. The van der Waals surface area contributed by atoms with E-state index in [-0.39, 0.29) is 5.92 Å². The van der Waals surface area contributed by atoms with Gasteiger partial charge in [-0.2, -0.15) is 0 Å². The maximum Gasteiger partial charge on any atom is 0.307 e. The van der Waals surface area contributed by atoms with Crippen molar-refractivity contribution in [3.63, 3.8) is 0 Å². The van der Waals surface area contributed by atoms with Gasteiger partial charge in [-0.15, -0.1) is 0 Å². The molecule has 11 heavy (non-hydrogen) atoms. The molecule has 0 radical (unpaired) electrons. The smallest absolute Gasteiger partial charge is 0.307 e. The van der Waals surface area contributed by atoms with Crippen LogP contribution in [0.2, 0.25) is 0 Å². The molecule has 4 atom stereocenters. The molecule has 0 saturated heterocycles. The second-order valence-electron chi connectivity index (χ2n) is 4.74. The van der Waals surface area contributed by atoms with Gasteiger partial charge in [0.25, 0.3) is 0 Å². The summed E-state index contributed by atoms with van der Waals surface area (Å²) in [5.74, 6) is 4.46. The highest BCUT2D eigenvalue weighted by Crippen LogP contribution is 2.86. The molecule has 0 aromatic rings. The fraction of sp³-hybridized carbons (Fsp3) is 0.889. The number of rotatable bonds is 1. The maximum absolute atomic E-state index is 10.8. The Morgan fingerprint density at radius 3 is 2.00 bits per heavy atom. The van der Waals surface area contributed by atoms with Gasteiger partial charge in [0.2, 0.25) is 0 Å². The van der Waals surface area contributed by atoms with Crippen LogP contribution >= 0.6 is 0 Å². The van der Waals surface area contributed by atoms with Crippen LogP contribution in [0.25, 0.3) is 0 Å². The van der Waals surface area contributed by atoms with Crippen molar-refractivity contribution in [2.45, 2.75) is 6.42 Å². The Labute approximate surface area is 64.6 Å². The molecule has 0 aliphatic heterocycles. The van der Waals surface area contributed by atoms with E-state index >= 15 is 0 Å². The molecule has 0 heterocycles. The molecular formula is C9H10O2. The second kappa shape index (κ2) is 1.13. The van der Waals surface area contributed by atoms with Crippen molar-refractivity contribution in [2.75, 3.05) is 0 Å². The van der Waals surface area contributed by atoms with E-state index in [9.17, 15) is 4.79 Å². The Kier molecular flexibility index (Phi) is 0.534. The average Bonchev–Trinajstić information content (AvgIpc) is 1.98. The van der Waals surface area contributed by atoms with Gasteiger partial charge in [0.15, 0.2) is 0 Å². The Hall–Kier alpha value is -0.530. The summed E-state index contributed by atoms with van der Waals surface area (Å²) < 4.78 is 0. The molecule has 0 bridgehead atoms. The third-order valence-electron chi connectivity index (χ3n) is 4.97. The Morgan fingerprint density at radius 2 is 1.73 bits per heavy atom. The number of aliphatic carboxylic acids is 1. The Bertz CT molecular complexity index is 244. The zero-order valence-corrected chi connectivity index (χ0v) is 6.10. The summed E-state index contributed by atoms with van der Waals surface area (Å²) in [7, 11) is 0. The standard InChI is InChI=1S/C9H10O2/c10-9(11)8-5-2-1-3-4(2)7(5)6(3)8/h2-8H,1H2,(H,10,11). The highest BCUT2D eigenvalue weighted by Gasteiger charge is 2.84. The molecular weight excluding hydrogens is 140 g/mol. The van der Waals surface area contributed by atoms with Crippen molar-refractivity contribution in [1.29, 1.82) is 0 Å². The van der Waals surface area contributed by atoms with E-state index in [1.165, 1.54) is 6.42 Å². The number of fused-ring (bicyclic) bond motifs is 2. The van der Waals surface area contributed by atoms with E-state index in [1.807, 2.05) is 0 Å². The van der Waals surface area contributed by atoms with Crippen LogP contribution in [0.5, 0.6) is 0 Å². The van der Waals surface area contributed by atoms with Gasteiger partial charge in [-0.1, -0.05) is 0 Å². The molecule has 4 unspecified atom stereocenters. The van der Waals surface area contributed by atoms with Crippen LogP contribution in [0.1, 0.15) is 6.42 Å². The van der Waals surface area contributed by atoms with Crippen LogP contribution in [0.3, 0.4) is 0 Å². The summed E-state index contributed by atoms with van der Waals surface area (Å²) >= 11 is 0. The van der Waals surface area contributed by atoms with E-state index in [4.69, 9.17) is 5.11 Å². The molecule has 4 aliphatic carbocycles. The van der Waals surface area contributed by atoms with Crippen LogP contribution < -0.4 is 0 Å². The first-order chi connectivity index (χ1) is 5.30. The zero-order chi connectivity index (χ0) is 7.33. The first-order valence-electron chi connectivity index (χ1n) is 4.53. The number of carboxylic acids is 1. The predicted molar refractivity (Wildman–Crippen MR) is 36.7 cm³/mol. The van der Waals surface area contributed by atoms with E-state index in [0.29, 0.717) is 11.8 Å². The van der Waals surface area contributed by atoms with Crippen LogP contribution in [-0.2, 0) is 4.79 Å². The van der Waals surface area contributed by atoms with Gasteiger partial charge in [-0.05, 0) is 41.9 Å². The summed E-state index contributed by atoms with van der Waals surface area (Å²) in [6.45, 7) is 0. The Balaban J connectivity index is 1.75. The fourth-order valence-electron chi connectivity index (χ4n) is 4.65. The molecule has 0 amide bonds. The molecule has 4 rings (SSSR count). The van der Waals surface area contributed by atoms with Crippen molar-refractivity contribution in [3.05, 3.63) is 0 Å². The first kappa shape index (κ1) is 5.18. The number of carboxylic acid groups (broad SMARTS) is 1. The van der Waals surface area contributed by atoms with Crippen molar-refractivity contribution in [1.82, 2.24) is 0 Å². The molecule has 4 aliphatic rings. The van der Waals surface area contributed by atoms with Gasteiger partial charge in [-0.3, -0.25) is 4.79 Å². The van der Waals surface area contributed by atoms with Gasteiger partial charge in [0, 0.05) is 0 Å². The lowest BCUT2D eigenvalue weighted by molar-refractivity contribution is -0.397. The van der Waals surface area contributed by atoms with Crippen LogP contribution in [0.15, 0.2) is 0 Å². The summed E-state index contributed by atoms with van der Waals surface area (Å²) in [6, 6.07) is 0. The van der Waals surface area contributed by atoms with Crippen molar-refractivity contribution in [3.8, 4) is 0 Å². The van der Waals surface area contributed by atoms with Crippen molar-refractivity contribution < 1.29 is 9.90 Å². The third-order valence-corrected chi connectivity index (χ3v) is 4.97. The summed E-state index contributed by atoms with van der Waals surface area (Å²) in [5, 5.41) is 8.89. The molecule has 1 N–H and O–H groups in total. The van der Waals surface area contributed by atoms with Crippen LogP contribution in [0, 0.1) is 41.4 Å². The number of hydrogen-bond donors (Lipinski definition) is 1. The van der Waals surface area contributed by atoms with Gasteiger partial charge in [0.1, 0.15) is 0 Å². The highest BCUT2D eigenvalue weighted by molar-refractivity contribution is 5.74. The number of hydrogen-bond acceptors (Lipinski definition) is 1. The van der Waals surface area contributed by atoms with Gasteiger partial charge in [-0.25, -0.2) is 0 Å². The van der Waals surface area contributed by atoms with E-state index in [0.717, 1.165) is 23.7 Å². The van der Waals surface area contributed by atoms with E-state index in [1.54, 1.807) is 0 Å². The molecule has 0 aromatic heterocycles. The quantitative estimate of drug-likeness (QED) is 0.601. The Morgan fingerprint density at radius 1 is 1.09 bits per heavy atom. The van der Waals surface area contributed by atoms with E-state index in [2.05, 4.69) is 0 Å². The van der Waals surface area contributed by atoms with Crippen LogP contribution in [-0.4, -0.2) is 11.1 Å². The molecule has 4 saturated carbocycles. The van der Waals surface area contributed by atoms with Gasteiger partial charge in [0.05, 0.1) is 5.92 Å². The minimum absolute atomic E-state index is 0.0914. The van der Waals surface area contributed by atoms with Gasteiger partial charge < -0.3 is 5.11 Å². The SMILES string of the molecule is O=C(O)C1C2C3CC4C3C2C41. The predicted octanol–water partition coefficient (Wildman–Crippen LogP) is 0.829. The first-order valence-corrected chi connectivity index (χ1v) is 4.53. The largest absolute Gasteiger partial charge is 0.481 e. The molecule has 58 valence electrons. The molecule has 2 heteroatoms. The lowest BCUT2D eigenvalue weighted by Gasteiger charge is -2.86. The molecule has 4 fully saturated rings. The summed E-state index contributed by atoms with van der Waals surface area (Å²) in [5.41, 5.74) is 0. The summed E-state index contributed by atoms with van der Waals surface area (Å²) in [4.78, 5) is 10.8. The number of carbonyl (C=O) groups is 1. The van der Waals surface area contributed by atoms with Gasteiger partial charge >= 0.3 is 5.97 Å². The second-order valence-corrected chi connectivity index (χ2v) is 4.74. The average molecular weight is 150 g/mol. The van der Waals surface area contributed by atoms with E-state index < -0.39 is 5.97 Å². The lowest BCUT2D eigenvalue weighted by atomic mass is 9.17. The lowest BCUT2D eigenvalue weighted by Crippen LogP contribution is -2.85. The molecule has 0 aromatic carbocycles. The third kappa shape index (κ3) is 0.280. The van der Waals surface area contributed by atoms with Crippen molar-refractivity contribution in [2.24, 2.45) is 41.4 Å². The minimum Gasteiger partial charge on any atom is -0.481 e. The summed E-state index contributed by atoms with van der Waals surface area (Å²) in [6.07, 6.45) is 1.38. The van der Waals surface area contributed by atoms with Crippen molar-refractivity contribution >= 4 is 5.97 Å². The van der Waals surface area contributed by atoms with Crippen LogP contribution in [0.4, 0.5) is 0 Å². The highest BCUT2D eigenvalue weighted by atomic mass is 16.4. The monoisotopic (exact) mass is 150 g/mol. The molecule has 2 nitrogen and oxygen atoms in total.